The minimum Gasteiger partial charge on any atom is -0.444 e. The highest BCUT2D eigenvalue weighted by Gasteiger charge is 2.26. The Kier molecular flexibility index (Phi) is 6.01. The molecule has 1 aliphatic rings. The zero-order valence-electron chi connectivity index (χ0n) is 14.2. The molecule has 1 aliphatic heterocycles. The van der Waals surface area contributed by atoms with Crippen molar-refractivity contribution in [3.8, 4) is 0 Å². The number of amides is 2. The Morgan fingerprint density at radius 1 is 1.14 bits per heavy atom. The quantitative estimate of drug-likeness (QED) is 0.790. The molecule has 0 bridgehead atoms. The van der Waals surface area contributed by atoms with E-state index in [9.17, 15) is 9.59 Å². The first-order valence-corrected chi connectivity index (χ1v) is 7.56. The summed E-state index contributed by atoms with van der Waals surface area (Å²) >= 11 is 0. The van der Waals surface area contributed by atoms with Gasteiger partial charge in [0.1, 0.15) is 12.1 Å². The highest BCUT2D eigenvalue weighted by Crippen LogP contribution is 2.10. The normalized spacial score (nSPS) is 17.0. The monoisotopic (exact) mass is 299 g/mol. The van der Waals surface area contributed by atoms with Crippen LogP contribution in [0.2, 0.25) is 0 Å². The Bertz CT molecular complexity index is 369. The van der Waals surface area contributed by atoms with Gasteiger partial charge in [-0.05, 0) is 34.6 Å². The number of carbonyl (C=O) groups excluding carboxylic acids is 2. The van der Waals surface area contributed by atoms with Gasteiger partial charge in [0, 0.05) is 39.3 Å². The SMILES string of the molecule is CC(C)N1CCN(C(=O)CN(C)C(=O)OC(C)(C)C)CC1. The molecule has 0 aliphatic carbocycles. The van der Waals surface area contributed by atoms with Gasteiger partial charge in [0.15, 0.2) is 0 Å². The van der Waals surface area contributed by atoms with Crippen molar-refractivity contribution >= 4 is 12.0 Å². The van der Waals surface area contributed by atoms with Crippen LogP contribution in [0.25, 0.3) is 0 Å². The van der Waals surface area contributed by atoms with Crippen molar-refractivity contribution in [3.63, 3.8) is 0 Å². The molecule has 0 unspecified atom stereocenters. The second-order valence-electron chi connectivity index (χ2n) is 6.85. The van der Waals surface area contributed by atoms with Gasteiger partial charge in [-0.15, -0.1) is 0 Å². The minimum absolute atomic E-state index is 0.0215. The van der Waals surface area contributed by atoms with Gasteiger partial charge >= 0.3 is 6.09 Å². The predicted octanol–water partition coefficient (Wildman–Crippen LogP) is 1.41. The molecule has 122 valence electrons. The number of rotatable bonds is 3. The lowest BCUT2D eigenvalue weighted by atomic mass is 10.2. The second-order valence-corrected chi connectivity index (χ2v) is 6.85. The van der Waals surface area contributed by atoms with Crippen LogP contribution in [0.15, 0.2) is 0 Å². The fourth-order valence-electron chi connectivity index (χ4n) is 2.20. The maximum atomic E-state index is 12.2. The van der Waals surface area contributed by atoms with Gasteiger partial charge in [0.25, 0.3) is 0 Å². The Hall–Kier alpha value is -1.30. The first kappa shape index (κ1) is 17.8. The standard InChI is InChI=1S/C15H29N3O3/c1-12(2)17-7-9-18(10-8-17)13(19)11-16(6)14(20)21-15(3,4)5/h12H,7-11H2,1-6H3. The minimum atomic E-state index is -0.544. The summed E-state index contributed by atoms with van der Waals surface area (Å²) in [6, 6.07) is 0.506. The molecule has 0 N–H and O–H groups in total. The molecule has 1 heterocycles. The van der Waals surface area contributed by atoms with Crippen LogP contribution in [0.4, 0.5) is 4.79 Å². The summed E-state index contributed by atoms with van der Waals surface area (Å²) in [5.74, 6) is -0.0215. The molecule has 2 amide bonds. The summed E-state index contributed by atoms with van der Waals surface area (Å²) in [7, 11) is 1.59. The van der Waals surface area contributed by atoms with E-state index in [0.717, 1.165) is 26.2 Å². The van der Waals surface area contributed by atoms with Crippen molar-refractivity contribution in [1.29, 1.82) is 0 Å². The molecule has 0 radical (unpaired) electrons. The first-order valence-electron chi connectivity index (χ1n) is 7.56. The third-order valence-corrected chi connectivity index (χ3v) is 3.47. The van der Waals surface area contributed by atoms with Crippen LogP contribution in [0.3, 0.4) is 0 Å². The van der Waals surface area contributed by atoms with E-state index in [1.165, 1.54) is 4.90 Å². The molecule has 0 aromatic carbocycles. The molecule has 0 aromatic heterocycles. The maximum Gasteiger partial charge on any atom is 0.410 e. The van der Waals surface area contributed by atoms with E-state index in [1.807, 2.05) is 25.7 Å². The largest absolute Gasteiger partial charge is 0.444 e. The van der Waals surface area contributed by atoms with Crippen molar-refractivity contribution in [1.82, 2.24) is 14.7 Å². The third kappa shape index (κ3) is 5.91. The number of likely N-dealkylation sites (N-methyl/N-ethyl adjacent to an activating group) is 1. The number of carbonyl (C=O) groups is 2. The van der Waals surface area contributed by atoms with E-state index in [2.05, 4.69) is 18.7 Å². The van der Waals surface area contributed by atoms with Crippen LogP contribution in [0.5, 0.6) is 0 Å². The van der Waals surface area contributed by atoms with E-state index in [-0.39, 0.29) is 12.5 Å². The van der Waals surface area contributed by atoms with Gasteiger partial charge in [-0.1, -0.05) is 0 Å². The van der Waals surface area contributed by atoms with Gasteiger partial charge in [0.2, 0.25) is 5.91 Å². The number of nitrogens with zero attached hydrogens (tertiary/aromatic N) is 3. The Balaban J connectivity index is 2.42. The molecule has 6 heteroatoms. The van der Waals surface area contributed by atoms with Crippen LogP contribution in [-0.2, 0) is 9.53 Å². The molecule has 1 rings (SSSR count). The molecule has 0 atom stereocenters. The van der Waals surface area contributed by atoms with Gasteiger partial charge in [-0.3, -0.25) is 9.69 Å². The molecular formula is C15H29N3O3. The van der Waals surface area contributed by atoms with Gasteiger partial charge in [0.05, 0.1) is 0 Å². The third-order valence-electron chi connectivity index (χ3n) is 3.47. The summed E-state index contributed by atoms with van der Waals surface area (Å²) in [5.41, 5.74) is -0.544. The maximum absolute atomic E-state index is 12.2. The number of hydrogen-bond donors (Lipinski definition) is 0. The van der Waals surface area contributed by atoms with Gasteiger partial charge < -0.3 is 14.5 Å². The molecule has 21 heavy (non-hydrogen) atoms. The van der Waals surface area contributed by atoms with Crippen molar-refractivity contribution < 1.29 is 14.3 Å². The number of ether oxygens (including phenoxy) is 1. The van der Waals surface area contributed by atoms with Crippen molar-refractivity contribution in [2.24, 2.45) is 0 Å². The fourth-order valence-corrected chi connectivity index (χ4v) is 2.20. The first-order chi connectivity index (χ1) is 9.60. The van der Waals surface area contributed by atoms with E-state index in [0.29, 0.717) is 6.04 Å². The zero-order valence-corrected chi connectivity index (χ0v) is 14.2. The lowest BCUT2D eigenvalue weighted by Gasteiger charge is -2.37. The lowest BCUT2D eigenvalue weighted by Crippen LogP contribution is -2.53. The molecule has 0 saturated carbocycles. The van der Waals surface area contributed by atoms with Crippen LogP contribution < -0.4 is 0 Å². The van der Waals surface area contributed by atoms with Crippen molar-refractivity contribution in [2.45, 2.75) is 46.3 Å². The average molecular weight is 299 g/mol. The number of hydrogen-bond acceptors (Lipinski definition) is 4. The van der Waals surface area contributed by atoms with Crippen LogP contribution in [0.1, 0.15) is 34.6 Å². The Labute approximate surface area is 128 Å². The molecule has 0 spiro atoms. The molecular weight excluding hydrogens is 270 g/mol. The Morgan fingerprint density at radius 3 is 2.10 bits per heavy atom. The number of piperazine rings is 1. The molecule has 1 saturated heterocycles. The summed E-state index contributed by atoms with van der Waals surface area (Å²) in [4.78, 5) is 29.6. The van der Waals surface area contributed by atoms with E-state index >= 15 is 0 Å². The predicted molar refractivity (Wildman–Crippen MR) is 82.2 cm³/mol. The molecule has 1 fully saturated rings. The lowest BCUT2D eigenvalue weighted by molar-refractivity contribution is -0.134. The van der Waals surface area contributed by atoms with Crippen molar-refractivity contribution in [2.75, 3.05) is 39.8 Å². The van der Waals surface area contributed by atoms with Crippen LogP contribution >= 0.6 is 0 Å². The van der Waals surface area contributed by atoms with E-state index in [1.54, 1.807) is 7.05 Å². The zero-order chi connectivity index (χ0) is 16.2. The highest BCUT2D eigenvalue weighted by molar-refractivity contribution is 5.82. The Morgan fingerprint density at radius 2 is 1.67 bits per heavy atom. The summed E-state index contributed by atoms with van der Waals surface area (Å²) in [6.07, 6.45) is -0.461. The average Bonchev–Trinajstić information content (AvgIpc) is 2.36. The van der Waals surface area contributed by atoms with Crippen LogP contribution in [0, 0.1) is 0 Å². The smallest absolute Gasteiger partial charge is 0.410 e. The molecule has 0 aromatic rings. The van der Waals surface area contributed by atoms with E-state index < -0.39 is 11.7 Å². The topological polar surface area (TPSA) is 53.1 Å². The highest BCUT2D eigenvalue weighted by atomic mass is 16.6. The van der Waals surface area contributed by atoms with Crippen molar-refractivity contribution in [3.05, 3.63) is 0 Å². The van der Waals surface area contributed by atoms with Gasteiger partial charge in [-0.2, -0.15) is 0 Å². The fraction of sp³-hybridized carbons (Fsp3) is 0.867. The summed E-state index contributed by atoms with van der Waals surface area (Å²) < 4.78 is 5.24. The summed E-state index contributed by atoms with van der Waals surface area (Å²) in [6.45, 7) is 13.0. The van der Waals surface area contributed by atoms with E-state index in [4.69, 9.17) is 4.74 Å². The molecule has 6 nitrogen and oxygen atoms in total. The second kappa shape index (κ2) is 7.11. The van der Waals surface area contributed by atoms with Gasteiger partial charge in [-0.25, -0.2) is 4.79 Å². The van der Waals surface area contributed by atoms with Crippen LogP contribution in [-0.4, -0.2) is 78.1 Å². The summed E-state index contributed by atoms with van der Waals surface area (Å²) in [5, 5.41) is 0.